The van der Waals surface area contributed by atoms with Crippen LogP contribution in [-0.2, 0) is 11.2 Å². The molecule has 0 spiro atoms. The lowest BCUT2D eigenvalue weighted by Crippen LogP contribution is -1.97. The summed E-state index contributed by atoms with van der Waals surface area (Å²) in [4.78, 5) is 11.2. The Kier molecular flexibility index (Phi) is 4.41. The lowest BCUT2D eigenvalue weighted by Gasteiger charge is -2.02. The van der Waals surface area contributed by atoms with Gasteiger partial charge in [0.1, 0.15) is 0 Å². The minimum absolute atomic E-state index is 0.0725. The molecule has 0 aliphatic rings. The molecule has 0 amide bonds. The van der Waals surface area contributed by atoms with E-state index in [4.69, 9.17) is 11.6 Å². The number of rotatable bonds is 4. The molecule has 14 heavy (non-hydrogen) atoms. The molecule has 0 atom stereocenters. The molecular formula is C12H13ClO. The number of hydrogen-bond acceptors (Lipinski definition) is 1. The molecule has 1 aromatic rings. The highest BCUT2D eigenvalue weighted by Gasteiger charge is 2.00. The number of ketones is 1. The van der Waals surface area contributed by atoms with Gasteiger partial charge in [0.15, 0.2) is 5.78 Å². The van der Waals surface area contributed by atoms with E-state index in [-0.39, 0.29) is 5.78 Å². The molecule has 0 aliphatic carbocycles. The monoisotopic (exact) mass is 208 g/mol. The molecule has 1 aromatic carbocycles. The van der Waals surface area contributed by atoms with Gasteiger partial charge in [0.25, 0.3) is 0 Å². The average Bonchev–Trinajstić information content (AvgIpc) is 2.17. The van der Waals surface area contributed by atoms with Crippen LogP contribution in [0.25, 0.3) is 0 Å². The molecule has 2 heteroatoms. The Balaban J connectivity index is 2.54. The van der Waals surface area contributed by atoms with Crippen molar-refractivity contribution in [1.29, 1.82) is 0 Å². The SMILES string of the molecule is Cc1ccccc1CCC(=O)/C=C/Cl. The van der Waals surface area contributed by atoms with Crippen LogP contribution in [0.4, 0.5) is 0 Å². The van der Waals surface area contributed by atoms with Crippen LogP contribution in [0, 0.1) is 6.92 Å². The van der Waals surface area contributed by atoms with E-state index in [1.807, 2.05) is 18.2 Å². The van der Waals surface area contributed by atoms with Gasteiger partial charge in [0, 0.05) is 12.0 Å². The van der Waals surface area contributed by atoms with Gasteiger partial charge in [0.05, 0.1) is 0 Å². The van der Waals surface area contributed by atoms with Gasteiger partial charge in [-0.1, -0.05) is 35.9 Å². The minimum atomic E-state index is 0.0725. The Morgan fingerprint density at radius 2 is 2.14 bits per heavy atom. The maximum Gasteiger partial charge on any atom is 0.156 e. The van der Waals surface area contributed by atoms with Gasteiger partial charge in [-0.25, -0.2) is 0 Å². The third-order valence-corrected chi connectivity index (χ3v) is 2.28. The summed E-state index contributed by atoms with van der Waals surface area (Å²) in [6, 6.07) is 8.09. The number of hydrogen-bond donors (Lipinski definition) is 0. The molecule has 0 unspecified atom stereocenters. The first-order valence-electron chi connectivity index (χ1n) is 4.58. The molecule has 1 nitrogen and oxygen atoms in total. The Bertz CT molecular complexity index is 342. The maximum absolute atomic E-state index is 11.2. The van der Waals surface area contributed by atoms with Crippen molar-refractivity contribution in [2.24, 2.45) is 0 Å². The van der Waals surface area contributed by atoms with Crippen LogP contribution in [-0.4, -0.2) is 5.78 Å². The zero-order valence-electron chi connectivity index (χ0n) is 8.16. The van der Waals surface area contributed by atoms with Crippen molar-refractivity contribution in [1.82, 2.24) is 0 Å². The van der Waals surface area contributed by atoms with Crippen molar-refractivity contribution >= 4 is 17.4 Å². The fourth-order valence-corrected chi connectivity index (χ4v) is 1.44. The van der Waals surface area contributed by atoms with Gasteiger partial charge in [-0.15, -0.1) is 0 Å². The smallest absolute Gasteiger partial charge is 0.156 e. The van der Waals surface area contributed by atoms with Gasteiger partial charge >= 0.3 is 0 Å². The molecule has 1 rings (SSSR count). The van der Waals surface area contributed by atoms with E-state index in [0.29, 0.717) is 6.42 Å². The lowest BCUT2D eigenvalue weighted by molar-refractivity contribution is -0.114. The van der Waals surface area contributed by atoms with E-state index < -0.39 is 0 Å². The Hall–Kier alpha value is -1.08. The number of carbonyl (C=O) groups is 1. The molecule has 74 valence electrons. The van der Waals surface area contributed by atoms with Crippen LogP contribution < -0.4 is 0 Å². The summed E-state index contributed by atoms with van der Waals surface area (Å²) in [6.07, 6.45) is 2.71. The summed E-state index contributed by atoms with van der Waals surface area (Å²) in [5.74, 6) is 0.0725. The molecule has 0 saturated carbocycles. The quantitative estimate of drug-likeness (QED) is 0.695. The zero-order valence-corrected chi connectivity index (χ0v) is 8.92. The van der Waals surface area contributed by atoms with Gasteiger partial charge < -0.3 is 0 Å². The minimum Gasteiger partial charge on any atom is -0.295 e. The molecule has 0 N–H and O–H groups in total. The van der Waals surface area contributed by atoms with E-state index in [1.54, 1.807) is 0 Å². The fraction of sp³-hybridized carbons (Fsp3) is 0.250. The molecule has 0 aromatic heterocycles. The van der Waals surface area contributed by atoms with Crippen LogP contribution in [0.3, 0.4) is 0 Å². The fourth-order valence-electron chi connectivity index (χ4n) is 1.30. The first-order chi connectivity index (χ1) is 6.74. The highest BCUT2D eigenvalue weighted by Crippen LogP contribution is 2.09. The van der Waals surface area contributed by atoms with Crippen LogP contribution in [0.5, 0.6) is 0 Å². The molecule has 0 bridgehead atoms. The predicted octanol–water partition coefficient (Wildman–Crippen LogP) is 3.25. The normalized spacial score (nSPS) is 10.7. The van der Waals surface area contributed by atoms with Crippen molar-refractivity contribution in [2.75, 3.05) is 0 Å². The maximum atomic E-state index is 11.2. The van der Waals surface area contributed by atoms with E-state index in [9.17, 15) is 4.79 Å². The highest BCUT2D eigenvalue weighted by molar-refractivity contribution is 6.26. The Morgan fingerprint density at radius 1 is 1.43 bits per heavy atom. The van der Waals surface area contributed by atoms with Crippen molar-refractivity contribution in [3.8, 4) is 0 Å². The van der Waals surface area contributed by atoms with Crippen molar-refractivity contribution in [3.05, 3.63) is 47.0 Å². The number of carbonyl (C=O) groups excluding carboxylic acids is 1. The van der Waals surface area contributed by atoms with Crippen molar-refractivity contribution < 1.29 is 4.79 Å². The van der Waals surface area contributed by atoms with Crippen molar-refractivity contribution in [3.63, 3.8) is 0 Å². The number of allylic oxidation sites excluding steroid dienone is 1. The van der Waals surface area contributed by atoms with Gasteiger partial charge in [-0.2, -0.15) is 0 Å². The number of aryl methyl sites for hydroxylation is 2. The lowest BCUT2D eigenvalue weighted by atomic mass is 10.0. The predicted molar refractivity (Wildman–Crippen MR) is 59.5 cm³/mol. The van der Waals surface area contributed by atoms with Crippen LogP contribution in [0.1, 0.15) is 17.5 Å². The van der Waals surface area contributed by atoms with Crippen molar-refractivity contribution in [2.45, 2.75) is 19.8 Å². The molecular weight excluding hydrogens is 196 g/mol. The third kappa shape index (κ3) is 3.35. The van der Waals surface area contributed by atoms with Gasteiger partial charge in [-0.3, -0.25) is 4.79 Å². The molecule has 0 radical (unpaired) electrons. The summed E-state index contributed by atoms with van der Waals surface area (Å²) >= 11 is 5.31. The molecule has 0 aliphatic heterocycles. The van der Waals surface area contributed by atoms with E-state index >= 15 is 0 Å². The Morgan fingerprint density at radius 3 is 2.79 bits per heavy atom. The molecule has 0 heterocycles. The summed E-state index contributed by atoms with van der Waals surface area (Å²) in [5.41, 5.74) is 3.72. The second-order valence-electron chi connectivity index (χ2n) is 3.19. The summed E-state index contributed by atoms with van der Waals surface area (Å²) in [6.45, 7) is 2.05. The van der Waals surface area contributed by atoms with Crippen LogP contribution in [0.2, 0.25) is 0 Å². The summed E-state index contributed by atoms with van der Waals surface area (Å²) < 4.78 is 0. The van der Waals surface area contributed by atoms with Gasteiger partial charge in [-0.05, 0) is 30.5 Å². The Labute approximate surface area is 89.4 Å². The zero-order chi connectivity index (χ0) is 10.4. The number of benzene rings is 1. The summed E-state index contributed by atoms with van der Waals surface area (Å²) in [7, 11) is 0. The second kappa shape index (κ2) is 5.61. The average molecular weight is 209 g/mol. The highest BCUT2D eigenvalue weighted by atomic mass is 35.5. The van der Waals surface area contributed by atoms with E-state index in [0.717, 1.165) is 6.42 Å². The standard InChI is InChI=1S/C12H13ClO/c1-10-4-2-3-5-11(10)6-7-12(14)8-9-13/h2-5,8-9H,6-7H2,1H3/b9-8+. The molecule has 0 saturated heterocycles. The first-order valence-corrected chi connectivity index (χ1v) is 5.02. The third-order valence-electron chi connectivity index (χ3n) is 2.15. The molecule has 0 fully saturated rings. The van der Waals surface area contributed by atoms with E-state index in [2.05, 4.69) is 13.0 Å². The van der Waals surface area contributed by atoms with Gasteiger partial charge in [0.2, 0.25) is 0 Å². The number of halogens is 1. The second-order valence-corrected chi connectivity index (χ2v) is 3.44. The summed E-state index contributed by atoms with van der Waals surface area (Å²) in [5, 5.41) is 0. The van der Waals surface area contributed by atoms with Crippen LogP contribution in [0.15, 0.2) is 35.9 Å². The van der Waals surface area contributed by atoms with Crippen LogP contribution >= 0.6 is 11.6 Å². The first kappa shape index (κ1) is 11.0. The topological polar surface area (TPSA) is 17.1 Å². The van der Waals surface area contributed by atoms with E-state index in [1.165, 1.54) is 22.7 Å². The largest absolute Gasteiger partial charge is 0.295 e.